The van der Waals surface area contributed by atoms with Gasteiger partial charge in [0, 0.05) is 18.5 Å². The van der Waals surface area contributed by atoms with Crippen molar-refractivity contribution in [2.24, 2.45) is 0 Å². The third-order valence-corrected chi connectivity index (χ3v) is 4.26. The van der Waals surface area contributed by atoms with E-state index in [9.17, 15) is 4.79 Å². The minimum atomic E-state index is -0.0304. The summed E-state index contributed by atoms with van der Waals surface area (Å²) in [6.45, 7) is 3.85. The number of anilines is 1. The van der Waals surface area contributed by atoms with Gasteiger partial charge in [-0.1, -0.05) is 26.0 Å². The Morgan fingerprint density at radius 2 is 1.85 bits per heavy atom. The van der Waals surface area contributed by atoms with Crippen molar-refractivity contribution in [2.75, 3.05) is 5.32 Å². The number of fused-ring (bicyclic) bond motifs is 3. The molecule has 0 aliphatic heterocycles. The van der Waals surface area contributed by atoms with Crippen LogP contribution < -0.4 is 10.1 Å². The average Bonchev–Trinajstić information content (AvgIpc) is 3.14. The van der Waals surface area contributed by atoms with Crippen molar-refractivity contribution in [3.8, 4) is 11.6 Å². The van der Waals surface area contributed by atoms with Crippen LogP contribution in [0.1, 0.15) is 26.1 Å². The van der Waals surface area contributed by atoms with Crippen molar-refractivity contribution in [3.63, 3.8) is 0 Å². The zero-order valence-corrected chi connectivity index (χ0v) is 15.1. The lowest BCUT2D eigenvalue weighted by molar-refractivity contribution is -0.115. The minimum Gasteiger partial charge on any atom is -0.436 e. The van der Waals surface area contributed by atoms with Gasteiger partial charge in [-0.15, -0.1) is 10.2 Å². The van der Waals surface area contributed by atoms with Crippen LogP contribution in [0.4, 0.5) is 5.69 Å². The fraction of sp³-hybridized carbons (Fsp3) is 0.200. The molecule has 2 aromatic carbocycles. The molecule has 0 aliphatic carbocycles. The third-order valence-electron chi connectivity index (χ3n) is 4.26. The summed E-state index contributed by atoms with van der Waals surface area (Å²) in [5.74, 6) is 1.82. The number of para-hydroxylation sites is 2. The Morgan fingerprint density at radius 1 is 1.07 bits per heavy atom. The molecule has 0 bridgehead atoms. The molecule has 4 rings (SSSR count). The molecule has 7 nitrogen and oxygen atoms in total. The van der Waals surface area contributed by atoms with Gasteiger partial charge in [0.05, 0.1) is 11.0 Å². The van der Waals surface area contributed by atoms with Crippen molar-refractivity contribution in [3.05, 3.63) is 54.4 Å². The van der Waals surface area contributed by atoms with Gasteiger partial charge in [-0.2, -0.15) is 0 Å². The second-order valence-electron chi connectivity index (χ2n) is 6.06. The standard InChI is InChI=1S/C20H19N5O2/c1-3-17-23-24-19-20(22-15-7-5-6-8-16(15)25(17)19)27-14-11-9-13(10-12-14)21-18(26)4-2/h5-12H,3-4H2,1-2H3,(H,21,26). The van der Waals surface area contributed by atoms with Crippen LogP contribution in [0.25, 0.3) is 16.7 Å². The van der Waals surface area contributed by atoms with Crippen LogP contribution in [0.5, 0.6) is 11.6 Å². The predicted molar refractivity (Wildman–Crippen MR) is 103 cm³/mol. The van der Waals surface area contributed by atoms with E-state index in [1.807, 2.05) is 42.5 Å². The normalized spacial score (nSPS) is 11.0. The Kier molecular flexibility index (Phi) is 4.42. The molecule has 1 amide bonds. The molecule has 0 fully saturated rings. The summed E-state index contributed by atoms with van der Waals surface area (Å²) in [5.41, 5.74) is 3.05. The SMILES string of the molecule is CCC(=O)Nc1ccc(Oc2nc3ccccc3n3c(CC)nnc23)cc1. The van der Waals surface area contributed by atoms with Gasteiger partial charge in [0.2, 0.25) is 11.6 Å². The largest absolute Gasteiger partial charge is 0.436 e. The summed E-state index contributed by atoms with van der Waals surface area (Å²) >= 11 is 0. The molecule has 2 aromatic heterocycles. The number of carbonyl (C=O) groups is 1. The zero-order chi connectivity index (χ0) is 18.8. The van der Waals surface area contributed by atoms with Crippen molar-refractivity contribution in [1.29, 1.82) is 0 Å². The second-order valence-corrected chi connectivity index (χ2v) is 6.06. The van der Waals surface area contributed by atoms with Crippen molar-refractivity contribution in [2.45, 2.75) is 26.7 Å². The van der Waals surface area contributed by atoms with Gasteiger partial charge in [-0.25, -0.2) is 4.98 Å². The van der Waals surface area contributed by atoms with Gasteiger partial charge >= 0.3 is 0 Å². The lowest BCUT2D eigenvalue weighted by atomic mass is 10.3. The molecule has 0 unspecified atom stereocenters. The monoisotopic (exact) mass is 361 g/mol. The zero-order valence-electron chi connectivity index (χ0n) is 15.1. The van der Waals surface area contributed by atoms with E-state index < -0.39 is 0 Å². The summed E-state index contributed by atoms with van der Waals surface area (Å²) in [6, 6.07) is 15.0. The minimum absolute atomic E-state index is 0.0304. The van der Waals surface area contributed by atoms with Gasteiger partial charge in [0.1, 0.15) is 11.6 Å². The maximum absolute atomic E-state index is 11.5. The first-order chi connectivity index (χ1) is 13.2. The molecular weight excluding hydrogens is 342 g/mol. The first-order valence-electron chi connectivity index (χ1n) is 8.90. The molecule has 0 saturated heterocycles. The van der Waals surface area contributed by atoms with Crippen molar-refractivity contribution < 1.29 is 9.53 Å². The quantitative estimate of drug-likeness (QED) is 0.581. The molecule has 0 saturated carbocycles. The highest BCUT2D eigenvalue weighted by molar-refractivity contribution is 5.90. The molecule has 0 atom stereocenters. The lowest BCUT2D eigenvalue weighted by Crippen LogP contribution is -2.09. The van der Waals surface area contributed by atoms with Crippen LogP contribution in [-0.4, -0.2) is 25.5 Å². The first-order valence-corrected chi connectivity index (χ1v) is 8.90. The van der Waals surface area contributed by atoms with Gasteiger partial charge < -0.3 is 10.1 Å². The number of nitrogens with one attached hydrogen (secondary N) is 1. The number of carbonyl (C=O) groups excluding carboxylic acids is 1. The smallest absolute Gasteiger partial charge is 0.266 e. The molecule has 7 heteroatoms. The van der Waals surface area contributed by atoms with E-state index in [0.29, 0.717) is 23.7 Å². The molecule has 27 heavy (non-hydrogen) atoms. The van der Waals surface area contributed by atoms with E-state index in [2.05, 4.69) is 20.5 Å². The van der Waals surface area contributed by atoms with Crippen LogP contribution >= 0.6 is 0 Å². The summed E-state index contributed by atoms with van der Waals surface area (Å²) in [4.78, 5) is 16.1. The predicted octanol–water partition coefficient (Wildman–Crippen LogP) is 3.98. The highest BCUT2D eigenvalue weighted by Gasteiger charge is 2.15. The number of benzene rings is 2. The number of aryl methyl sites for hydroxylation is 1. The fourth-order valence-corrected chi connectivity index (χ4v) is 2.88. The number of hydrogen-bond donors (Lipinski definition) is 1. The third kappa shape index (κ3) is 3.19. The fourth-order valence-electron chi connectivity index (χ4n) is 2.88. The number of ether oxygens (including phenoxy) is 1. The molecular formula is C20H19N5O2. The maximum Gasteiger partial charge on any atom is 0.266 e. The summed E-state index contributed by atoms with van der Waals surface area (Å²) in [7, 11) is 0. The van der Waals surface area contributed by atoms with Crippen LogP contribution in [0.15, 0.2) is 48.5 Å². The van der Waals surface area contributed by atoms with Crippen molar-refractivity contribution in [1.82, 2.24) is 19.6 Å². The molecule has 0 radical (unpaired) electrons. The van der Waals surface area contributed by atoms with Gasteiger partial charge in [0.15, 0.2) is 0 Å². The number of rotatable bonds is 5. The molecule has 1 N–H and O–H groups in total. The number of amides is 1. The molecule has 2 heterocycles. The highest BCUT2D eigenvalue weighted by Crippen LogP contribution is 2.28. The molecule has 0 aliphatic rings. The second kappa shape index (κ2) is 7.03. The Hall–Kier alpha value is -3.48. The molecule has 136 valence electrons. The van der Waals surface area contributed by atoms with Crippen molar-refractivity contribution >= 4 is 28.3 Å². The van der Waals surface area contributed by atoms with Crippen LogP contribution in [-0.2, 0) is 11.2 Å². The lowest BCUT2D eigenvalue weighted by Gasteiger charge is -2.10. The van der Waals surface area contributed by atoms with E-state index in [1.165, 1.54) is 0 Å². The first kappa shape index (κ1) is 17.0. The van der Waals surface area contributed by atoms with E-state index in [4.69, 9.17) is 4.74 Å². The molecule has 0 spiro atoms. The van der Waals surface area contributed by atoms with E-state index in [-0.39, 0.29) is 5.91 Å². The summed E-state index contributed by atoms with van der Waals surface area (Å²) in [6.07, 6.45) is 1.18. The Labute approximate surface area is 156 Å². The Morgan fingerprint density at radius 3 is 2.59 bits per heavy atom. The number of aromatic nitrogens is 4. The van der Waals surface area contributed by atoms with E-state index >= 15 is 0 Å². The van der Waals surface area contributed by atoms with Gasteiger partial charge in [-0.05, 0) is 36.4 Å². The van der Waals surface area contributed by atoms with E-state index in [1.54, 1.807) is 24.3 Å². The highest BCUT2D eigenvalue weighted by atomic mass is 16.5. The topological polar surface area (TPSA) is 81.4 Å². The maximum atomic E-state index is 11.5. The van der Waals surface area contributed by atoms with Crippen LogP contribution in [0.3, 0.4) is 0 Å². The van der Waals surface area contributed by atoms with E-state index in [0.717, 1.165) is 29.0 Å². The average molecular weight is 361 g/mol. The Balaban J connectivity index is 1.73. The number of nitrogens with zero attached hydrogens (tertiary/aromatic N) is 4. The Bertz CT molecular complexity index is 1120. The number of hydrogen-bond acceptors (Lipinski definition) is 5. The summed E-state index contributed by atoms with van der Waals surface area (Å²) in [5, 5.41) is 11.4. The van der Waals surface area contributed by atoms with Crippen LogP contribution in [0, 0.1) is 0 Å². The van der Waals surface area contributed by atoms with Gasteiger partial charge in [0.25, 0.3) is 5.88 Å². The van der Waals surface area contributed by atoms with Gasteiger partial charge in [-0.3, -0.25) is 9.20 Å². The molecule has 4 aromatic rings. The van der Waals surface area contributed by atoms with Crippen LogP contribution in [0.2, 0.25) is 0 Å². The summed E-state index contributed by atoms with van der Waals surface area (Å²) < 4.78 is 7.98.